The molecule has 0 unspecified atom stereocenters. The number of ether oxygens (including phenoxy) is 3. The quantitative estimate of drug-likeness (QED) is 0.0386. The van der Waals surface area contributed by atoms with Crippen molar-refractivity contribution in [2.45, 2.75) is 69.8 Å². The van der Waals surface area contributed by atoms with Gasteiger partial charge in [0.05, 0.1) is 14.2 Å². The Labute approximate surface area is 337 Å². The van der Waals surface area contributed by atoms with Crippen molar-refractivity contribution in [3.63, 3.8) is 0 Å². The van der Waals surface area contributed by atoms with E-state index in [1.165, 1.54) is 54.2 Å². The highest BCUT2D eigenvalue weighted by Gasteiger charge is 2.37. The fourth-order valence-corrected chi connectivity index (χ4v) is 9.12. The number of hydrogen-bond donors (Lipinski definition) is 1. The van der Waals surface area contributed by atoms with E-state index in [0.717, 1.165) is 92.4 Å². The predicted octanol–water partition coefficient (Wildman–Crippen LogP) is 13.0. The standard InChI is InChI=1S/C53H54O4/c1-55-43-30-26-41(27-31-43)53(40-18-10-7-11-19-40,42-28-32-44(56-2)33-29-42)57-37-13-6-4-9-17-39-25-35-50-47-22-14-20-45-38(16-8-3-5-12-36-54)24-34-49(51(45)47)48-23-15-21-46(39)52(48)50/h7,10-11,14-15,18-35,54H,3-6,8-9,12-13,16-17,36-37H2,1-2H3. The molecule has 57 heavy (non-hydrogen) atoms. The van der Waals surface area contributed by atoms with Crippen LogP contribution in [-0.4, -0.2) is 32.5 Å². The molecule has 0 saturated carbocycles. The van der Waals surface area contributed by atoms with Gasteiger partial charge in [-0.3, -0.25) is 0 Å². The normalized spacial score (nSPS) is 12.0. The van der Waals surface area contributed by atoms with Gasteiger partial charge in [-0.1, -0.05) is 141 Å². The molecule has 0 radical (unpaired) electrons. The first-order valence-corrected chi connectivity index (χ1v) is 20.9. The van der Waals surface area contributed by atoms with Gasteiger partial charge in [0.2, 0.25) is 0 Å². The first-order chi connectivity index (χ1) is 28.2. The minimum atomic E-state index is -0.783. The molecule has 1 N–H and O–H groups in total. The van der Waals surface area contributed by atoms with Crippen molar-refractivity contribution in [1.29, 1.82) is 0 Å². The molecule has 0 heterocycles. The second-order valence-corrected chi connectivity index (χ2v) is 15.4. The largest absolute Gasteiger partial charge is 0.497 e. The number of unbranched alkanes of at least 4 members (excludes halogenated alkanes) is 6. The number of aliphatic hydroxyl groups excluding tert-OH is 1. The summed E-state index contributed by atoms with van der Waals surface area (Å²) >= 11 is 0. The highest BCUT2D eigenvalue weighted by atomic mass is 16.5. The molecular weight excluding hydrogens is 701 g/mol. The highest BCUT2D eigenvalue weighted by Crippen LogP contribution is 2.44. The second-order valence-electron chi connectivity index (χ2n) is 15.4. The van der Waals surface area contributed by atoms with E-state index >= 15 is 0 Å². The van der Waals surface area contributed by atoms with Crippen molar-refractivity contribution in [3.05, 3.63) is 167 Å². The number of benzene rings is 8. The summed E-state index contributed by atoms with van der Waals surface area (Å²) in [5, 5.41) is 20.2. The lowest BCUT2D eigenvalue weighted by molar-refractivity contribution is 0.0106. The number of rotatable bonds is 19. The van der Waals surface area contributed by atoms with Gasteiger partial charge in [0.15, 0.2) is 0 Å². The summed E-state index contributed by atoms with van der Waals surface area (Å²) in [7, 11) is 3.40. The summed E-state index contributed by atoms with van der Waals surface area (Å²) in [6.45, 7) is 0.919. The maximum absolute atomic E-state index is 9.19. The van der Waals surface area contributed by atoms with Crippen LogP contribution in [0.4, 0.5) is 0 Å². The van der Waals surface area contributed by atoms with E-state index < -0.39 is 5.60 Å². The molecule has 0 aliphatic heterocycles. The van der Waals surface area contributed by atoms with Gasteiger partial charge in [0.25, 0.3) is 0 Å². The van der Waals surface area contributed by atoms with Gasteiger partial charge in [-0.25, -0.2) is 0 Å². The van der Waals surface area contributed by atoms with Crippen molar-refractivity contribution < 1.29 is 19.3 Å². The third kappa shape index (κ3) is 7.69. The Balaban J connectivity index is 0.982. The molecule has 8 aromatic rings. The van der Waals surface area contributed by atoms with Crippen LogP contribution < -0.4 is 9.47 Å². The zero-order valence-electron chi connectivity index (χ0n) is 33.4. The van der Waals surface area contributed by atoms with Crippen molar-refractivity contribution in [2.75, 3.05) is 27.4 Å². The molecule has 8 aromatic carbocycles. The van der Waals surface area contributed by atoms with E-state index in [4.69, 9.17) is 14.2 Å². The maximum Gasteiger partial charge on any atom is 0.143 e. The fourth-order valence-electron chi connectivity index (χ4n) is 9.12. The highest BCUT2D eigenvalue weighted by molar-refractivity contribution is 6.33. The lowest BCUT2D eigenvalue weighted by Crippen LogP contribution is -2.33. The van der Waals surface area contributed by atoms with E-state index in [2.05, 4.69) is 115 Å². The molecule has 0 bridgehead atoms. The SMILES string of the molecule is COc1ccc(C(OCCCCCCc2ccc3c4cccc5c(CCCCCCO)ccc(c6cccc2c63)c54)(c2ccccc2)c2ccc(OC)cc2)cc1. The van der Waals surface area contributed by atoms with Gasteiger partial charge in [0.1, 0.15) is 17.1 Å². The molecule has 4 nitrogen and oxygen atoms in total. The lowest BCUT2D eigenvalue weighted by Gasteiger charge is -2.36. The predicted molar refractivity (Wildman–Crippen MR) is 237 cm³/mol. The van der Waals surface area contributed by atoms with Crippen molar-refractivity contribution in [2.24, 2.45) is 0 Å². The average molecular weight is 755 g/mol. The smallest absolute Gasteiger partial charge is 0.143 e. The van der Waals surface area contributed by atoms with Crippen LogP contribution in [0.5, 0.6) is 11.5 Å². The van der Waals surface area contributed by atoms with Crippen LogP contribution in [0.25, 0.3) is 43.1 Å². The Morgan fingerprint density at radius 1 is 0.404 bits per heavy atom. The molecule has 0 aliphatic carbocycles. The van der Waals surface area contributed by atoms with Crippen LogP contribution in [0.3, 0.4) is 0 Å². The summed E-state index contributed by atoms with van der Waals surface area (Å²) in [6, 6.07) is 50.4. The zero-order chi connectivity index (χ0) is 39.0. The first kappa shape index (κ1) is 38.5. The Bertz CT molecular complexity index is 2450. The average Bonchev–Trinajstić information content (AvgIpc) is 3.27. The number of fused-ring (bicyclic) bond motifs is 2. The Morgan fingerprint density at radius 2 is 0.842 bits per heavy atom. The Kier molecular flexibility index (Phi) is 12.0. The zero-order valence-corrected chi connectivity index (χ0v) is 33.4. The van der Waals surface area contributed by atoms with E-state index in [1.54, 1.807) is 14.2 Å². The minimum Gasteiger partial charge on any atom is -0.497 e. The third-order valence-corrected chi connectivity index (χ3v) is 12.0. The van der Waals surface area contributed by atoms with E-state index in [0.29, 0.717) is 13.2 Å². The Morgan fingerprint density at radius 3 is 1.33 bits per heavy atom. The van der Waals surface area contributed by atoms with Crippen LogP contribution in [0, 0.1) is 0 Å². The minimum absolute atomic E-state index is 0.290. The molecule has 8 rings (SSSR count). The van der Waals surface area contributed by atoms with Gasteiger partial charge in [-0.2, -0.15) is 0 Å². The van der Waals surface area contributed by atoms with E-state index in [9.17, 15) is 5.11 Å². The Hall–Kier alpha value is -5.42. The van der Waals surface area contributed by atoms with Crippen LogP contribution >= 0.6 is 0 Å². The molecular formula is C53H54O4. The molecule has 0 fully saturated rings. The summed E-state index contributed by atoms with van der Waals surface area (Å²) < 4.78 is 18.1. The van der Waals surface area contributed by atoms with Gasteiger partial charge in [0, 0.05) is 13.2 Å². The van der Waals surface area contributed by atoms with Crippen LogP contribution in [-0.2, 0) is 23.2 Å². The van der Waals surface area contributed by atoms with E-state index in [1.807, 2.05) is 24.3 Å². The van der Waals surface area contributed by atoms with Gasteiger partial charge >= 0.3 is 0 Å². The molecule has 290 valence electrons. The second kappa shape index (κ2) is 17.8. The molecule has 4 heteroatoms. The topological polar surface area (TPSA) is 47.9 Å². The molecule has 0 aromatic heterocycles. The number of aliphatic hydroxyl groups is 1. The number of methoxy groups -OCH3 is 2. The summed E-state index contributed by atoms with van der Waals surface area (Å²) in [6.07, 6.45) is 10.8. The van der Waals surface area contributed by atoms with Crippen LogP contribution in [0.2, 0.25) is 0 Å². The van der Waals surface area contributed by atoms with Gasteiger partial charge in [-0.05, 0) is 134 Å². The van der Waals surface area contributed by atoms with Gasteiger partial charge in [-0.15, -0.1) is 0 Å². The van der Waals surface area contributed by atoms with Crippen LogP contribution in [0.15, 0.2) is 140 Å². The van der Waals surface area contributed by atoms with Crippen LogP contribution in [0.1, 0.15) is 79.2 Å². The molecule has 0 saturated heterocycles. The lowest BCUT2D eigenvalue weighted by atomic mass is 9.80. The van der Waals surface area contributed by atoms with Gasteiger partial charge < -0.3 is 19.3 Å². The maximum atomic E-state index is 9.19. The molecule has 0 atom stereocenters. The monoisotopic (exact) mass is 754 g/mol. The summed E-state index contributed by atoms with van der Waals surface area (Å²) in [5.41, 5.74) is 5.30. The first-order valence-electron chi connectivity index (χ1n) is 20.9. The molecule has 0 spiro atoms. The number of hydrogen-bond acceptors (Lipinski definition) is 4. The number of aryl methyl sites for hydroxylation is 2. The van der Waals surface area contributed by atoms with Crippen molar-refractivity contribution in [3.8, 4) is 11.5 Å². The third-order valence-electron chi connectivity index (χ3n) is 12.0. The molecule has 0 amide bonds. The fraction of sp³-hybridized carbons (Fsp3) is 0.283. The van der Waals surface area contributed by atoms with E-state index in [-0.39, 0.29) is 0 Å². The van der Waals surface area contributed by atoms with Crippen molar-refractivity contribution >= 4 is 43.1 Å². The van der Waals surface area contributed by atoms with Crippen molar-refractivity contribution in [1.82, 2.24) is 0 Å². The molecule has 0 aliphatic rings. The summed E-state index contributed by atoms with van der Waals surface area (Å²) in [5.74, 6) is 1.64. The summed E-state index contributed by atoms with van der Waals surface area (Å²) in [4.78, 5) is 0.